The van der Waals surface area contributed by atoms with Gasteiger partial charge < -0.3 is 10.1 Å². The van der Waals surface area contributed by atoms with E-state index in [0.29, 0.717) is 6.61 Å². The number of cyclic esters (lactones) is 1. The summed E-state index contributed by atoms with van der Waals surface area (Å²) in [5, 5.41) is 2.72. The molecule has 1 saturated heterocycles. The fraction of sp³-hybridized carbons (Fsp3) is 0.286. The fourth-order valence-corrected chi connectivity index (χ4v) is 3.20. The fourth-order valence-electron chi connectivity index (χ4n) is 1.07. The minimum absolute atomic E-state index is 0.0000926. The van der Waals surface area contributed by atoms with Crippen molar-refractivity contribution in [3.05, 3.63) is 19.2 Å². The van der Waals surface area contributed by atoms with Crippen molar-refractivity contribution in [2.75, 3.05) is 6.61 Å². The van der Waals surface area contributed by atoms with Crippen molar-refractivity contribution in [3.63, 3.8) is 0 Å². The molecule has 13 heavy (non-hydrogen) atoms. The van der Waals surface area contributed by atoms with Gasteiger partial charge in [-0.15, -0.1) is 11.3 Å². The Morgan fingerprint density at radius 3 is 2.85 bits per heavy atom. The maximum absolute atomic E-state index is 10.8. The predicted molar refractivity (Wildman–Crippen MR) is 56.9 cm³/mol. The van der Waals surface area contributed by atoms with Crippen molar-refractivity contribution in [1.29, 1.82) is 0 Å². The van der Waals surface area contributed by atoms with Gasteiger partial charge in [0.25, 0.3) is 0 Å². The van der Waals surface area contributed by atoms with Gasteiger partial charge in [-0.3, -0.25) is 0 Å². The lowest BCUT2D eigenvalue weighted by Crippen LogP contribution is -2.17. The predicted octanol–water partition coefficient (Wildman–Crippen LogP) is 3.05. The average Bonchev–Trinajstić information content (AvgIpc) is 2.61. The molecule has 0 saturated carbocycles. The second-order valence-corrected chi connectivity index (χ2v) is 5.82. The lowest BCUT2D eigenvalue weighted by Gasteiger charge is -2.01. The molecular formula is C7H5Br2NO2S. The van der Waals surface area contributed by atoms with Crippen molar-refractivity contribution in [2.24, 2.45) is 0 Å². The second kappa shape index (κ2) is 3.59. The summed E-state index contributed by atoms with van der Waals surface area (Å²) in [6.07, 6.45) is -0.342. The minimum atomic E-state index is -0.342. The zero-order chi connectivity index (χ0) is 9.42. The number of carbonyl (C=O) groups excluding carboxylic acids is 1. The molecule has 6 heteroatoms. The van der Waals surface area contributed by atoms with Crippen LogP contribution in [0.2, 0.25) is 0 Å². The number of thiophene rings is 1. The Hall–Kier alpha value is -0.0700. The first-order chi connectivity index (χ1) is 6.16. The normalized spacial score (nSPS) is 21.4. The number of alkyl carbamates (subject to hydrolysis) is 1. The van der Waals surface area contributed by atoms with Gasteiger partial charge in [0.15, 0.2) is 0 Å². The number of ether oxygens (including phenoxy) is 1. The van der Waals surface area contributed by atoms with Crippen molar-refractivity contribution < 1.29 is 9.53 Å². The molecule has 0 spiro atoms. The number of carbonyl (C=O) groups is 1. The molecule has 0 radical (unpaired) electrons. The van der Waals surface area contributed by atoms with Crippen LogP contribution in [-0.4, -0.2) is 12.7 Å². The SMILES string of the molecule is O=C1N[C@H](c2cc(Br)c(Br)s2)CO1. The van der Waals surface area contributed by atoms with Crippen LogP contribution in [0.25, 0.3) is 0 Å². The number of amides is 1. The Labute approximate surface area is 95.7 Å². The molecule has 1 atom stereocenters. The maximum atomic E-state index is 10.8. The Morgan fingerprint density at radius 1 is 1.62 bits per heavy atom. The first-order valence-corrected chi connectivity index (χ1v) is 5.95. The molecule has 2 heterocycles. The van der Waals surface area contributed by atoms with E-state index in [4.69, 9.17) is 4.74 Å². The number of halogens is 2. The van der Waals surface area contributed by atoms with Crippen LogP contribution in [0.3, 0.4) is 0 Å². The van der Waals surface area contributed by atoms with Crippen LogP contribution in [0.4, 0.5) is 4.79 Å². The third-order valence-electron chi connectivity index (χ3n) is 1.68. The highest BCUT2D eigenvalue weighted by atomic mass is 79.9. The van der Waals surface area contributed by atoms with Crippen molar-refractivity contribution >= 4 is 49.3 Å². The van der Waals surface area contributed by atoms with E-state index in [1.165, 1.54) is 0 Å². The van der Waals surface area contributed by atoms with E-state index in [2.05, 4.69) is 37.2 Å². The van der Waals surface area contributed by atoms with Gasteiger partial charge in [-0.1, -0.05) is 0 Å². The molecule has 0 bridgehead atoms. The first-order valence-electron chi connectivity index (χ1n) is 3.55. The van der Waals surface area contributed by atoms with Crippen molar-refractivity contribution in [2.45, 2.75) is 6.04 Å². The Balaban J connectivity index is 2.21. The van der Waals surface area contributed by atoms with E-state index in [0.717, 1.165) is 13.1 Å². The van der Waals surface area contributed by atoms with E-state index in [9.17, 15) is 4.79 Å². The molecule has 3 nitrogen and oxygen atoms in total. The maximum Gasteiger partial charge on any atom is 0.407 e. The van der Waals surface area contributed by atoms with Gasteiger partial charge in [0.1, 0.15) is 12.6 Å². The molecule has 1 fully saturated rings. The number of nitrogens with one attached hydrogen (secondary N) is 1. The lowest BCUT2D eigenvalue weighted by atomic mass is 10.3. The second-order valence-electron chi connectivity index (χ2n) is 2.57. The highest BCUT2D eigenvalue weighted by Gasteiger charge is 2.25. The Kier molecular flexibility index (Phi) is 2.62. The summed E-state index contributed by atoms with van der Waals surface area (Å²) in [4.78, 5) is 11.9. The summed E-state index contributed by atoms with van der Waals surface area (Å²) in [5.74, 6) is 0. The molecule has 1 amide bonds. The van der Waals surface area contributed by atoms with Gasteiger partial charge in [0, 0.05) is 9.35 Å². The van der Waals surface area contributed by atoms with E-state index >= 15 is 0 Å². The largest absolute Gasteiger partial charge is 0.447 e. The summed E-state index contributed by atoms with van der Waals surface area (Å²) in [5.41, 5.74) is 0. The zero-order valence-electron chi connectivity index (χ0n) is 6.34. The van der Waals surface area contributed by atoms with Gasteiger partial charge in [-0.2, -0.15) is 0 Å². The quantitative estimate of drug-likeness (QED) is 0.861. The van der Waals surface area contributed by atoms with Crippen LogP contribution in [0, 0.1) is 0 Å². The lowest BCUT2D eigenvalue weighted by molar-refractivity contribution is 0.177. The molecule has 1 N–H and O–H groups in total. The molecule has 1 aliphatic rings. The Bertz CT molecular complexity index is 333. The molecule has 0 aromatic carbocycles. The summed E-state index contributed by atoms with van der Waals surface area (Å²) < 4.78 is 6.83. The number of hydrogen-bond donors (Lipinski definition) is 1. The highest BCUT2D eigenvalue weighted by Crippen LogP contribution is 2.36. The summed E-state index contributed by atoms with van der Waals surface area (Å²) in [7, 11) is 0. The van der Waals surface area contributed by atoms with Crippen molar-refractivity contribution in [3.8, 4) is 0 Å². The molecule has 1 aliphatic heterocycles. The van der Waals surface area contributed by atoms with Crippen LogP contribution in [0.1, 0.15) is 10.9 Å². The van der Waals surface area contributed by atoms with Crippen molar-refractivity contribution in [1.82, 2.24) is 5.32 Å². The van der Waals surface area contributed by atoms with Gasteiger partial charge >= 0.3 is 6.09 Å². The van der Waals surface area contributed by atoms with Crippen LogP contribution in [0.15, 0.2) is 14.3 Å². The van der Waals surface area contributed by atoms with Crippen LogP contribution < -0.4 is 5.32 Å². The van der Waals surface area contributed by atoms with Gasteiger partial charge in [0.2, 0.25) is 0 Å². The summed E-state index contributed by atoms with van der Waals surface area (Å²) in [6, 6.07) is 1.98. The van der Waals surface area contributed by atoms with E-state index < -0.39 is 0 Å². The average molecular weight is 327 g/mol. The van der Waals surface area contributed by atoms with Gasteiger partial charge in [-0.25, -0.2) is 4.79 Å². The molecule has 1 aromatic rings. The van der Waals surface area contributed by atoms with Crippen LogP contribution in [0.5, 0.6) is 0 Å². The topological polar surface area (TPSA) is 38.3 Å². The summed E-state index contributed by atoms with van der Waals surface area (Å²) >= 11 is 8.37. The smallest absolute Gasteiger partial charge is 0.407 e. The highest BCUT2D eigenvalue weighted by molar-refractivity contribution is 9.13. The molecular weight excluding hydrogens is 322 g/mol. The Morgan fingerprint density at radius 2 is 2.38 bits per heavy atom. The summed E-state index contributed by atoms with van der Waals surface area (Å²) in [6.45, 7) is 0.415. The number of rotatable bonds is 1. The molecule has 0 unspecified atom stereocenters. The first kappa shape index (κ1) is 9.48. The molecule has 70 valence electrons. The third kappa shape index (κ3) is 1.89. The third-order valence-corrected chi connectivity index (χ3v) is 5.05. The molecule has 0 aliphatic carbocycles. The molecule has 2 rings (SSSR count). The van der Waals surface area contributed by atoms with E-state index in [1.54, 1.807) is 11.3 Å². The zero-order valence-corrected chi connectivity index (χ0v) is 10.3. The standard InChI is InChI=1S/C7H5Br2NO2S/c8-3-1-5(13-6(3)9)4-2-12-7(11)10-4/h1,4H,2H2,(H,10,11)/t4-/m0/s1. The minimum Gasteiger partial charge on any atom is -0.447 e. The van der Waals surface area contributed by atoms with E-state index in [1.807, 2.05) is 6.07 Å². The van der Waals surface area contributed by atoms with Crippen LogP contribution >= 0.6 is 43.2 Å². The van der Waals surface area contributed by atoms with Crippen LogP contribution in [-0.2, 0) is 4.74 Å². The van der Waals surface area contributed by atoms with E-state index in [-0.39, 0.29) is 12.1 Å². The van der Waals surface area contributed by atoms with Gasteiger partial charge in [-0.05, 0) is 37.9 Å². The number of hydrogen-bond acceptors (Lipinski definition) is 3. The monoisotopic (exact) mass is 325 g/mol. The van der Waals surface area contributed by atoms with Gasteiger partial charge in [0.05, 0.1) is 3.79 Å². The molecule has 1 aromatic heterocycles.